The van der Waals surface area contributed by atoms with Crippen LogP contribution in [0.2, 0.25) is 0 Å². The van der Waals surface area contributed by atoms with Crippen LogP contribution in [0.15, 0.2) is 82.2 Å². The van der Waals surface area contributed by atoms with Crippen molar-refractivity contribution >= 4 is 51.5 Å². The van der Waals surface area contributed by atoms with Gasteiger partial charge in [-0.2, -0.15) is 0 Å². The molecular weight excluding hydrogens is 538 g/mol. The third-order valence-corrected chi connectivity index (χ3v) is 7.24. The maximum absolute atomic E-state index is 13.6. The van der Waals surface area contributed by atoms with Gasteiger partial charge in [0.15, 0.2) is 11.8 Å². The van der Waals surface area contributed by atoms with Gasteiger partial charge in [0.2, 0.25) is 0 Å². The Balaban J connectivity index is 1.72. The van der Waals surface area contributed by atoms with Crippen molar-refractivity contribution in [2.75, 3.05) is 12.9 Å². The zero-order valence-corrected chi connectivity index (χ0v) is 21.1. The molecule has 0 spiro atoms. The van der Waals surface area contributed by atoms with Gasteiger partial charge in [0.25, 0.3) is 5.91 Å². The number of hydrogen-bond acceptors (Lipinski definition) is 8. The summed E-state index contributed by atoms with van der Waals surface area (Å²) < 4.78 is 15.9. The van der Waals surface area contributed by atoms with E-state index in [4.69, 9.17) is 14.2 Å². The first-order chi connectivity index (χ1) is 16.8. The standard InChI is InChI=1S/C25H20BrNO7S/c1-14(28)33-17-13-35-23-18(19(26)24(30)32-2)22(29)27(23)20(17)25(31)34-21(15-9-5-3-6-10-15)16-11-7-4-8-12-16/h3-12,21,23H,13H2,1-2H3/b19-18+. The highest BCUT2D eigenvalue weighted by Crippen LogP contribution is 2.46. The third kappa shape index (κ3) is 4.89. The minimum atomic E-state index is -0.828. The molecule has 1 saturated heterocycles. The van der Waals surface area contributed by atoms with Crippen LogP contribution in [-0.2, 0) is 33.4 Å². The van der Waals surface area contributed by atoms with Crippen LogP contribution in [0.1, 0.15) is 24.2 Å². The van der Waals surface area contributed by atoms with Crippen molar-refractivity contribution < 1.29 is 33.4 Å². The fraction of sp³-hybridized carbons (Fsp3) is 0.200. The molecule has 1 atom stereocenters. The van der Waals surface area contributed by atoms with E-state index in [2.05, 4.69) is 15.9 Å². The largest absolute Gasteiger partial charge is 0.465 e. The normalized spacial score (nSPS) is 18.5. The van der Waals surface area contributed by atoms with Gasteiger partial charge in [-0.05, 0) is 27.1 Å². The molecule has 1 fully saturated rings. The number of ether oxygens (including phenoxy) is 3. The second-order valence-electron chi connectivity index (χ2n) is 7.53. The van der Waals surface area contributed by atoms with E-state index in [9.17, 15) is 19.2 Å². The lowest BCUT2D eigenvalue weighted by molar-refractivity contribution is -0.150. The van der Waals surface area contributed by atoms with Crippen LogP contribution in [0, 0.1) is 0 Å². The van der Waals surface area contributed by atoms with Crippen molar-refractivity contribution in [2.45, 2.75) is 18.4 Å². The summed E-state index contributed by atoms with van der Waals surface area (Å²) in [5.74, 6) is -2.62. The third-order valence-electron chi connectivity index (χ3n) is 5.30. The number of fused-ring (bicyclic) bond motifs is 1. The first-order valence-corrected chi connectivity index (χ1v) is 12.3. The van der Waals surface area contributed by atoms with Crippen molar-refractivity contribution in [1.82, 2.24) is 4.90 Å². The number of rotatable bonds is 6. The molecule has 10 heteroatoms. The first kappa shape index (κ1) is 24.7. The number of esters is 3. The zero-order valence-electron chi connectivity index (χ0n) is 18.7. The number of nitrogens with zero attached hydrogens (tertiary/aromatic N) is 1. The Morgan fingerprint density at radius 2 is 1.60 bits per heavy atom. The second kappa shape index (κ2) is 10.5. The Kier molecular flexibility index (Phi) is 7.42. The summed E-state index contributed by atoms with van der Waals surface area (Å²) in [5, 5.41) is -0.648. The van der Waals surface area contributed by atoms with Gasteiger partial charge in [0, 0.05) is 6.92 Å². The molecule has 2 aliphatic rings. The average molecular weight is 558 g/mol. The van der Waals surface area contributed by atoms with Crippen LogP contribution < -0.4 is 0 Å². The Morgan fingerprint density at radius 3 is 2.11 bits per heavy atom. The predicted octanol–water partition coefficient (Wildman–Crippen LogP) is 3.83. The number of methoxy groups -OCH3 is 1. The van der Waals surface area contributed by atoms with Crippen molar-refractivity contribution in [3.8, 4) is 0 Å². The van der Waals surface area contributed by atoms with E-state index in [1.165, 1.54) is 30.7 Å². The van der Waals surface area contributed by atoms with Crippen LogP contribution in [0.3, 0.4) is 0 Å². The molecule has 4 rings (SSSR count). The van der Waals surface area contributed by atoms with E-state index in [1.54, 1.807) is 0 Å². The van der Waals surface area contributed by atoms with Crippen molar-refractivity contribution in [1.29, 1.82) is 0 Å². The predicted molar refractivity (Wildman–Crippen MR) is 131 cm³/mol. The molecule has 0 saturated carbocycles. The van der Waals surface area contributed by atoms with Gasteiger partial charge < -0.3 is 14.2 Å². The van der Waals surface area contributed by atoms with E-state index in [0.717, 1.165) is 11.1 Å². The minimum Gasteiger partial charge on any atom is -0.465 e. The number of benzene rings is 2. The molecule has 0 aromatic heterocycles. The molecule has 2 aromatic rings. The molecule has 0 N–H and O–H groups in total. The van der Waals surface area contributed by atoms with Gasteiger partial charge in [-0.15, -0.1) is 11.8 Å². The lowest BCUT2D eigenvalue weighted by Gasteiger charge is -2.45. The highest BCUT2D eigenvalue weighted by atomic mass is 79.9. The van der Waals surface area contributed by atoms with Crippen LogP contribution >= 0.6 is 27.7 Å². The Labute approximate surface area is 214 Å². The Hall–Kier alpha value is -3.37. The molecule has 1 amide bonds. The quantitative estimate of drug-likeness (QED) is 0.228. The number of β-lactam (4-membered cyclic amide) rings is 1. The molecule has 2 heterocycles. The number of hydrogen-bond donors (Lipinski definition) is 0. The molecule has 0 radical (unpaired) electrons. The van der Waals surface area contributed by atoms with Crippen molar-refractivity contribution in [3.63, 3.8) is 0 Å². The maximum Gasteiger partial charge on any atom is 0.359 e. The SMILES string of the molecule is COC(=O)/C(Br)=C1/C(=O)N2C(C(=O)OC(c3ccccc3)c3ccccc3)=C(OC(C)=O)CSC12. The molecular formula is C25H20BrNO7S. The summed E-state index contributed by atoms with van der Waals surface area (Å²) >= 11 is 4.35. The maximum atomic E-state index is 13.6. The summed E-state index contributed by atoms with van der Waals surface area (Å²) in [6.07, 6.45) is -0.766. The lowest BCUT2D eigenvalue weighted by atomic mass is 10.0. The zero-order chi connectivity index (χ0) is 25.1. The van der Waals surface area contributed by atoms with E-state index in [-0.39, 0.29) is 27.3 Å². The number of thioether (sulfide) groups is 1. The summed E-state index contributed by atoms with van der Waals surface area (Å²) in [6, 6.07) is 18.3. The fourth-order valence-corrected chi connectivity index (χ4v) is 5.69. The van der Waals surface area contributed by atoms with Gasteiger partial charge in [-0.1, -0.05) is 60.7 Å². The van der Waals surface area contributed by atoms with Gasteiger partial charge in [-0.3, -0.25) is 14.5 Å². The molecule has 8 nitrogen and oxygen atoms in total. The molecule has 180 valence electrons. The van der Waals surface area contributed by atoms with Crippen LogP contribution in [0.25, 0.3) is 0 Å². The molecule has 1 unspecified atom stereocenters. The Bertz CT molecular complexity index is 1200. The molecule has 0 bridgehead atoms. The van der Waals surface area contributed by atoms with E-state index in [1.807, 2.05) is 60.7 Å². The smallest absolute Gasteiger partial charge is 0.359 e. The first-order valence-electron chi connectivity index (χ1n) is 10.5. The monoisotopic (exact) mass is 557 g/mol. The summed E-state index contributed by atoms with van der Waals surface area (Å²) in [4.78, 5) is 51.5. The summed E-state index contributed by atoms with van der Waals surface area (Å²) in [6.45, 7) is 1.21. The van der Waals surface area contributed by atoms with Crippen LogP contribution in [0.5, 0.6) is 0 Å². The molecule has 35 heavy (non-hydrogen) atoms. The van der Waals surface area contributed by atoms with E-state index < -0.39 is 35.3 Å². The van der Waals surface area contributed by atoms with E-state index >= 15 is 0 Å². The highest BCUT2D eigenvalue weighted by Gasteiger charge is 2.53. The van der Waals surface area contributed by atoms with Gasteiger partial charge >= 0.3 is 17.9 Å². The number of carbonyl (C=O) groups excluding carboxylic acids is 4. The number of carbonyl (C=O) groups is 4. The fourth-order valence-electron chi connectivity index (χ4n) is 3.75. The lowest BCUT2D eigenvalue weighted by Crippen LogP contribution is -2.57. The van der Waals surface area contributed by atoms with Crippen molar-refractivity contribution in [3.05, 3.63) is 93.3 Å². The van der Waals surface area contributed by atoms with Gasteiger partial charge in [0.1, 0.15) is 15.6 Å². The second-order valence-corrected chi connectivity index (χ2v) is 9.39. The molecule has 0 aliphatic carbocycles. The molecule has 2 aliphatic heterocycles. The van der Waals surface area contributed by atoms with Gasteiger partial charge in [-0.25, -0.2) is 9.59 Å². The van der Waals surface area contributed by atoms with Crippen LogP contribution in [0.4, 0.5) is 0 Å². The minimum absolute atomic E-state index is 0.0187. The summed E-state index contributed by atoms with van der Waals surface area (Å²) in [5.41, 5.74) is 1.45. The van der Waals surface area contributed by atoms with E-state index in [0.29, 0.717) is 0 Å². The number of halogens is 1. The number of amides is 1. The Morgan fingerprint density at radius 1 is 1.03 bits per heavy atom. The topological polar surface area (TPSA) is 99.2 Å². The van der Waals surface area contributed by atoms with Crippen LogP contribution in [-0.4, -0.2) is 47.0 Å². The summed E-state index contributed by atoms with van der Waals surface area (Å²) in [7, 11) is 1.20. The highest BCUT2D eigenvalue weighted by molar-refractivity contribution is 9.12. The average Bonchev–Trinajstić information content (AvgIpc) is 2.87. The molecule has 2 aromatic carbocycles. The van der Waals surface area contributed by atoms with Gasteiger partial charge in [0.05, 0.1) is 18.4 Å². The van der Waals surface area contributed by atoms with Crippen molar-refractivity contribution in [2.24, 2.45) is 0 Å².